The molecule has 0 aliphatic carbocycles. The molecule has 30 heavy (non-hydrogen) atoms. The summed E-state index contributed by atoms with van der Waals surface area (Å²) in [5, 5.41) is 0. The lowest BCUT2D eigenvalue weighted by molar-refractivity contribution is 0.104. The van der Waals surface area contributed by atoms with Crippen LogP contribution in [0.3, 0.4) is 0 Å². The molecule has 0 unspecified atom stereocenters. The zero-order chi connectivity index (χ0) is 22.1. The molecule has 0 saturated carbocycles. The van der Waals surface area contributed by atoms with Crippen LogP contribution in [-0.2, 0) is 5.41 Å². The van der Waals surface area contributed by atoms with Gasteiger partial charge in [0.1, 0.15) is 5.75 Å². The van der Waals surface area contributed by atoms with Gasteiger partial charge in [0.05, 0.1) is 19.8 Å². The minimum atomic E-state index is -0.126. The SMILES string of the molecule is CCCOc1ccc(C(=O)C=Cc2cc(OCC)c(OCC)c(C(C)(C)C)c2)cc1. The Morgan fingerprint density at radius 1 is 0.933 bits per heavy atom. The normalized spacial score (nSPS) is 11.5. The van der Waals surface area contributed by atoms with E-state index >= 15 is 0 Å². The molecule has 4 heteroatoms. The van der Waals surface area contributed by atoms with E-state index in [1.54, 1.807) is 18.2 Å². The third-order valence-corrected chi connectivity index (χ3v) is 4.51. The second-order valence-corrected chi connectivity index (χ2v) is 8.08. The summed E-state index contributed by atoms with van der Waals surface area (Å²) in [4.78, 5) is 12.6. The molecule has 0 heterocycles. The van der Waals surface area contributed by atoms with E-state index in [1.807, 2.05) is 38.1 Å². The van der Waals surface area contributed by atoms with Gasteiger partial charge in [-0.3, -0.25) is 4.79 Å². The van der Waals surface area contributed by atoms with Gasteiger partial charge in [0.2, 0.25) is 0 Å². The minimum Gasteiger partial charge on any atom is -0.494 e. The first kappa shape index (κ1) is 23.5. The summed E-state index contributed by atoms with van der Waals surface area (Å²) in [6.07, 6.45) is 4.38. The first-order chi connectivity index (χ1) is 14.3. The van der Waals surface area contributed by atoms with Gasteiger partial charge < -0.3 is 14.2 Å². The van der Waals surface area contributed by atoms with Crippen LogP contribution >= 0.6 is 0 Å². The van der Waals surface area contributed by atoms with Crippen molar-refractivity contribution in [2.45, 2.75) is 53.4 Å². The molecule has 0 aromatic heterocycles. The Labute approximate surface area is 180 Å². The number of hydrogen-bond donors (Lipinski definition) is 0. The zero-order valence-corrected chi connectivity index (χ0v) is 19.1. The van der Waals surface area contributed by atoms with E-state index in [2.05, 4.69) is 33.8 Å². The molecular formula is C26H34O4. The molecule has 0 fully saturated rings. The number of allylic oxidation sites excluding steroid dienone is 1. The molecule has 0 amide bonds. The predicted molar refractivity (Wildman–Crippen MR) is 123 cm³/mol. The van der Waals surface area contributed by atoms with Gasteiger partial charge in [-0.15, -0.1) is 0 Å². The standard InChI is InChI=1S/C26H34O4/c1-7-16-30-21-13-11-20(12-14-21)23(27)15-10-19-17-22(26(4,5)6)25(29-9-3)24(18-19)28-8-2/h10-15,17-18H,7-9,16H2,1-6H3. The van der Waals surface area contributed by atoms with E-state index in [0.29, 0.717) is 31.1 Å². The molecule has 0 aliphatic rings. The Hall–Kier alpha value is -2.75. The van der Waals surface area contributed by atoms with E-state index < -0.39 is 0 Å². The van der Waals surface area contributed by atoms with Crippen LogP contribution in [0.2, 0.25) is 0 Å². The maximum Gasteiger partial charge on any atom is 0.185 e. The summed E-state index contributed by atoms with van der Waals surface area (Å²) >= 11 is 0. The summed E-state index contributed by atoms with van der Waals surface area (Å²) in [6.45, 7) is 14.2. The van der Waals surface area contributed by atoms with Gasteiger partial charge in [0, 0.05) is 11.1 Å². The fourth-order valence-corrected chi connectivity index (χ4v) is 3.04. The topological polar surface area (TPSA) is 44.8 Å². The van der Waals surface area contributed by atoms with Gasteiger partial charge in [0.25, 0.3) is 0 Å². The summed E-state index contributed by atoms with van der Waals surface area (Å²) in [6, 6.07) is 11.2. The highest BCUT2D eigenvalue weighted by Crippen LogP contribution is 2.40. The highest BCUT2D eigenvalue weighted by Gasteiger charge is 2.23. The van der Waals surface area contributed by atoms with Crippen LogP contribution in [-0.4, -0.2) is 25.6 Å². The molecule has 0 N–H and O–H groups in total. The molecule has 0 spiro atoms. The summed E-state index contributed by atoms with van der Waals surface area (Å²) in [5.41, 5.74) is 2.46. The third-order valence-electron chi connectivity index (χ3n) is 4.51. The first-order valence-electron chi connectivity index (χ1n) is 10.7. The van der Waals surface area contributed by atoms with Gasteiger partial charge in [0.15, 0.2) is 17.3 Å². The average Bonchev–Trinajstić information content (AvgIpc) is 2.71. The molecular weight excluding hydrogens is 376 g/mol. The molecule has 0 saturated heterocycles. The Bertz CT molecular complexity index is 858. The first-order valence-corrected chi connectivity index (χ1v) is 10.7. The number of hydrogen-bond acceptors (Lipinski definition) is 4. The van der Waals surface area contributed by atoms with Crippen molar-refractivity contribution in [1.82, 2.24) is 0 Å². The fraction of sp³-hybridized carbons (Fsp3) is 0.423. The lowest BCUT2D eigenvalue weighted by Crippen LogP contribution is -2.15. The molecule has 162 valence electrons. The van der Waals surface area contributed by atoms with Crippen molar-refractivity contribution in [2.24, 2.45) is 0 Å². The molecule has 0 atom stereocenters. The second-order valence-electron chi connectivity index (χ2n) is 8.08. The molecule has 2 aromatic rings. The van der Waals surface area contributed by atoms with Crippen molar-refractivity contribution in [2.75, 3.05) is 19.8 Å². The highest BCUT2D eigenvalue weighted by atomic mass is 16.5. The second kappa shape index (κ2) is 10.9. The van der Waals surface area contributed by atoms with Gasteiger partial charge in [-0.05, 0) is 73.7 Å². The molecule has 4 nitrogen and oxygen atoms in total. The van der Waals surface area contributed by atoms with Gasteiger partial charge in [-0.2, -0.15) is 0 Å². The van der Waals surface area contributed by atoms with Crippen molar-refractivity contribution in [3.8, 4) is 17.2 Å². The molecule has 2 aromatic carbocycles. The van der Waals surface area contributed by atoms with Gasteiger partial charge >= 0.3 is 0 Å². The van der Waals surface area contributed by atoms with Crippen molar-refractivity contribution in [3.05, 3.63) is 59.2 Å². The smallest absolute Gasteiger partial charge is 0.185 e. The minimum absolute atomic E-state index is 0.0544. The maximum atomic E-state index is 12.6. The molecule has 2 rings (SSSR count). The maximum absolute atomic E-state index is 12.6. The zero-order valence-electron chi connectivity index (χ0n) is 19.1. The van der Waals surface area contributed by atoms with E-state index in [9.17, 15) is 4.79 Å². The van der Waals surface area contributed by atoms with Crippen molar-refractivity contribution in [1.29, 1.82) is 0 Å². The van der Waals surface area contributed by atoms with Crippen LogP contribution in [0.4, 0.5) is 0 Å². The van der Waals surface area contributed by atoms with Crippen molar-refractivity contribution >= 4 is 11.9 Å². The van der Waals surface area contributed by atoms with Gasteiger partial charge in [-0.1, -0.05) is 33.8 Å². The van der Waals surface area contributed by atoms with E-state index in [0.717, 1.165) is 29.0 Å². The molecule has 0 aliphatic heterocycles. The summed E-state index contributed by atoms with van der Waals surface area (Å²) < 4.78 is 17.3. The summed E-state index contributed by atoms with van der Waals surface area (Å²) in [7, 11) is 0. The summed E-state index contributed by atoms with van der Waals surface area (Å²) in [5.74, 6) is 2.20. The Morgan fingerprint density at radius 2 is 1.60 bits per heavy atom. The lowest BCUT2D eigenvalue weighted by atomic mass is 9.85. The predicted octanol–water partition coefficient (Wildman–Crippen LogP) is 6.47. The van der Waals surface area contributed by atoms with Gasteiger partial charge in [-0.25, -0.2) is 0 Å². The third kappa shape index (κ3) is 6.38. The Morgan fingerprint density at radius 3 is 2.17 bits per heavy atom. The van der Waals surface area contributed by atoms with Crippen LogP contribution in [0.5, 0.6) is 17.2 Å². The van der Waals surface area contributed by atoms with Crippen molar-refractivity contribution in [3.63, 3.8) is 0 Å². The fourth-order valence-electron chi connectivity index (χ4n) is 3.04. The number of ether oxygens (including phenoxy) is 3. The monoisotopic (exact) mass is 410 g/mol. The van der Waals surface area contributed by atoms with Crippen LogP contribution in [0.1, 0.15) is 69.4 Å². The number of carbonyl (C=O) groups excluding carboxylic acids is 1. The Kier molecular flexibility index (Phi) is 8.52. The average molecular weight is 411 g/mol. The van der Waals surface area contributed by atoms with Crippen LogP contribution < -0.4 is 14.2 Å². The number of ketones is 1. The molecule has 0 bridgehead atoms. The quantitative estimate of drug-likeness (QED) is 0.333. The van der Waals surface area contributed by atoms with E-state index in [-0.39, 0.29) is 11.2 Å². The van der Waals surface area contributed by atoms with E-state index in [4.69, 9.17) is 14.2 Å². The lowest BCUT2D eigenvalue weighted by Gasteiger charge is -2.25. The number of carbonyl (C=O) groups is 1. The largest absolute Gasteiger partial charge is 0.494 e. The van der Waals surface area contributed by atoms with Crippen LogP contribution in [0, 0.1) is 0 Å². The van der Waals surface area contributed by atoms with E-state index in [1.165, 1.54) is 0 Å². The van der Waals surface area contributed by atoms with Crippen molar-refractivity contribution < 1.29 is 19.0 Å². The van der Waals surface area contributed by atoms with Crippen LogP contribution in [0.25, 0.3) is 6.08 Å². The van der Waals surface area contributed by atoms with Crippen LogP contribution in [0.15, 0.2) is 42.5 Å². The molecule has 0 radical (unpaired) electrons. The Balaban J connectivity index is 2.30. The highest BCUT2D eigenvalue weighted by molar-refractivity contribution is 6.06. The number of rotatable bonds is 10. The number of benzene rings is 2.